The normalized spacial score (nSPS) is 14.0. The molecule has 0 aliphatic rings. The van der Waals surface area contributed by atoms with Crippen LogP contribution in [0.4, 0.5) is 16.5 Å². The van der Waals surface area contributed by atoms with Gasteiger partial charge in [-0.1, -0.05) is 41.5 Å². The fraction of sp³-hybridized carbons (Fsp3) is 0.548. The zero-order valence-electron chi connectivity index (χ0n) is 25.3. The minimum Gasteiger partial charge on any atom is -0.497 e. The standard InChI is InChI=1S/C31H45N4O3S/c1-11-35(18-19-38-27(36)31(8,30(5,6)7)21-29(2,3)4)23-14-12-22(13-15-23)32-33-28-34(9)25-17-16-24(37-10)20-26(25)39-28/h12-17,20H,11,18-19,21H2,1-10H3/q+1. The molecule has 212 valence electrons. The van der Waals surface area contributed by atoms with Gasteiger partial charge in [0.15, 0.2) is 0 Å². The smallest absolute Gasteiger partial charge is 0.409 e. The number of aryl methyl sites for hydroxylation is 1. The number of likely N-dealkylation sites (N-methyl/N-ethyl adjacent to an activating group) is 1. The van der Waals surface area contributed by atoms with Crippen LogP contribution in [0.2, 0.25) is 0 Å². The number of aromatic nitrogens is 1. The molecule has 0 aliphatic heterocycles. The van der Waals surface area contributed by atoms with Crippen molar-refractivity contribution in [2.75, 3.05) is 31.7 Å². The summed E-state index contributed by atoms with van der Waals surface area (Å²) in [6, 6.07) is 14.0. The van der Waals surface area contributed by atoms with E-state index in [4.69, 9.17) is 9.47 Å². The molecule has 3 rings (SSSR count). The Morgan fingerprint density at radius 2 is 1.67 bits per heavy atom. The average Bonchev–Trinajstić information content (AvgIpc) is 3.18. The first kappa shape index (κ1) is 30.5. The van der Waals surface area contributed by atoms with E-state index in [9.17, 15) is 4.79 Å². The molecule has 0 amide bonds. The zero-order chi connectivity index (χ0) is 29.0. The first-order valence-electron chi connectivity index (χ1n) is 13.6. The number of esters is 1. The minimum atomic E-state index is -0.563. The number of fused-ring (bicyclic) bond motifs is 1. The van der Waals surface area contributed by atoms with Gasteiger partial charge in [0.25, 0.3) is 0 Å². The first-order chi connectivity index (χ1) is 18.2. The Morgan fingerprint density at radius 3 is 2.23 bits per heavy atom. The number of benzene rings is 2. The molecule has 0 saturated carbocycles. The molecule has 0 spiro atoms. The number of nitrogens with zero attached hydrogens (tertiary/aromatic N) is 4. The van der Waals surface area contributed by atoms with Crippen LogP contribution in [0, 0.1) is 16.2 Å². The number of hydrogen-bond donors (Lipinski definition) is 0. The van der Waals surface area contributed by atoms with Crippen LogP contribution in [0.25, 0.3) is 10.2 Å². The van der Waals surface area contributed by atoms with E-state index in [1.54, 1.807) is 18.4 Å². The van der Waals surface area contributed by atoms with Crippen LogP contribution in [0.3, 0.4) is 0 Å². The van der Waals surface area contributed by atoms with Crippen molar-refractivity contribution in [1.82, 2.24) is 0 Å². The topological polar surface area (TPSA) is 67.4 Å². The van der Waals surface area contributed by atoms with Crippen LogP contribution >= 0.6 is 11.3 Å². The molecule has 8 heteroatoms. The third-order valence-electron chi connectivity index (χ3n) is 7.45. The van der Waals surface area contributed by atoms with Crippen molar-refractivity contribution in [3.63, 3.8) is 0 Å². The Labute approximate surface area is 237 Å². The summed E-state index contributed by atoms with van der Waals surface area (Å²) in [6.07, 6.45) is 0.767. The summed E-state index contributed by atoms with van der Waals surface area (Å²) >= 11 is 1.57. The predicted octanol–water partition coefficient (Wildman–Crippen LogP) is 8.01. The lowest BCUT2D eigenvalue weighted by atomic mass is 9.61. The molecule has 39 heavy (non-hydrogen) atoms. The van der Waals surface area contributed by atoms with Crippen LogP contribution < -0.4 is 14.2 Å². The summed E-state index contributed by atoms with van der Waals surface area (Å²) in [7, 11) is 3.66. The number of carbonyl (C=O) groups excluding carboxylic acids is 1. The SMILES string of the molecule is CCN(CCOC(=O)C(C)(CC(C)(C)C)C(C)(C)C)c1ccc(N=Nc2sc3cc(OC)ccc3[n+]2C)cc1. The van der Waals surface area contributed by atoms with Gasteiger partial charge in [0.1, 0.15) is 23.6 Å². The second kappa shape index (κ2) is 12.0. The number of azo groups is 1. The van der Waals surface area contributed by atoms with Gasteiger partial charge in [-0.3, -0.25) is 4.79 Å². The second-order valence-corrected chi connectivity index (χ2v) is 13.5. The Bertz CT molecular complexity index is 1300. The average molecular weight is 554 g/mol. The number of anilines is 1. The first-order valence-corrected chi connectivity index (χ1v) is 14.4. The molecule has 0 saturated heterocycles. The van der Waals surface area contributed by atoms with Crippen molar-refractivity contribution in [2.45, 2.75) is 61.8 Å². The molecule has 7 nitrogen and oxygen atoms in total. The van der Waals surface area contributed by atoms with Crippen LogP contribution in [-0.2, 0) is 16.6 Å². The van der Waals surface area contributed by atoms with Crippen molar-refractivity contribution in [2.24, 2.45) is 33.5 Å². The number of carbonyl (C=O) groups is 1. The molecule has 0 radical (unpaired) electrons. The van der Waals surface area contributed by atoms with Gasteiger partial charge >= 0.3 is 11.1 Å². The molecule has 0 aliphatic carbocycles. The van der Waals surface area contributed by atoms with Crippen molar-refractivity contribution in [3.8, 4) is 5.75 Å². The van der Waals surface area contributed by atoms with Gasteiger partial charge in [0, 0.05) is 18.3 Å². The van der Waals surface area contributed by atoms with Gasteiger partial charge in [-0.25, -0.2) is 4.57 Å². The van der Waals surface area contributed by atoms with E-state index < -0.39 is 5.41 Å². The molecule has 0 N–H and O–H groups in total. The highest BCUT2D eigenvalue weighted by Gasteiger charge is 2.47. The Hall–Kier alpha value is -3.00. The van der Waals surface area contributed by atoms with E-state index in [0.717, 1.165) is 45.4 Å². The fourth-order valence-electron chi connectivity index (χ4n) is 4.75. The lowest BCUT2D eigenvalue weighted by Gasteiger charge is -2.43. The molecule has 2 aromatic carbocycles. The van der Waals surface area contributed by atoms with Gasteiger partial charge in [0.2, 0.25) is 0 Å². The van der Waals surface area contributed by atoms with E-state index in [0.29, 0.717) is 13.2 Å². The van der Waals surface area contributed by atoms with Crippen molar-refractivity contribution >= 4 is 44.0 Å². The van der Waals surface area contributed by atoms with Gasteiger partial charge in [-0.05, 0) is 83.9 Å². The second-order valence-electron chi connectivity index (χ2n) is 12.5. The molecule has 1 unspecified atom stereocenters. The lowest BCUT2D eigenvalue weighted by molar-refractivity contribution is -0.627. The van der Waals surface area contributed by atoms with Crippen molar-refractivity contribution in [3.05, 3.63) is 42.5 Å². The quantitative estimate of drug-likeness (QED) is 0.145. The number of hydrogen-bond acceptors (Lipinski definition) is 7. The molecule has 0 fully saturated rings. The Kier molecular flexibility index (Phi) is 9.42. The van der Waals surface area contributed by atoms with Crippen LogP contribution in [0.5, 0.6) is 5.75 Å². The molecule has 0 bridgehead atoms. The Morgan fingerprint density at radius 1 is 1.00 bits per heavy atom. The number of methoxy groups -OCH3 is 1. The summed E-state index contributed by atoms with van der Waals surface area (Å²) < 4.78 is 14.3. The maximum absolute atomic E-state index is 13.3. The highest BCUT2D eigenvalue weighted by molar-refractivity contribution is 7.21. The van der Waals surface area contributed by atoms with E-state index in [1.807, 2.05) is 61.0 Å². The molecule has 1 heterocycles. The Balaban J connectivity index is 1.64. The molecule has 1 atom stereocenters. The maximum Gasteiger partial charge on any atom is 0.409 e. The number of ether oxygens (including phenoxy) is 2. The summed E-state index contributed by atoms with van der Waals surface area (Å²) in [5.41, 5.74) is 2.18. The van der Waals surface area contributed by atoms with Crippen molar-refractivity contribution in [1.29, 1.82) is 0 Å². The third kappa shape index (κ3) is 7.35. The van der Waals surface area contributed by atoms with E-state index in [-0.39, 0.29) is 16.8 Å². The van der Waals surface area contributed by atoms with Crippen LogP contribution in [0.15, 0.2) is 52.7 Å². The van der Waals surface area contributed by atoms with E-state index in [1.165, 1.54) is 0 Å². The summed E-state index contributed by atoms with van der Waals surface area (Å²) in [4.78, 5) is 15.5. The zero-order valence-corrected chi connectivity index (χ0v) is 26.1. The summed E-state index contributed by atoms with van der Waals surface area (Å²) in [6.45, 7) is 18.8. The summed E-state index contributed by atoms with van der Waals surface area (Å²) in [5.74, 6) is 0.705. The highest BCUT2D eigenvalue weighted by Crippen LogP contribution is 2.47. The van der Waals surface area contributed by atoms with Crippen LogP contribution in [-0.4, -0.2) is 32.8 Å². The lowest BCUT2D eigenvalue weighted by Crippen LogP contribution is -2.45. The molecular formula is C31H45N4O3S+. The van der Waals surface area contributed by atoms with Crippen molar-refractivity contribution < 1.29 is 18.8 Å². The van der Waals surface area contributed by atoms with Gasteiger partial charge < -0.3 is 14.4 Å². The largest absolute Gasteiger partial charge is 0.497 e. The minimum absolute atomic E-state index is 0.0253. The predicted molar refractivity (Wildman–Crippen MR) is 161 cm³/mol. The summed E-state index contributed by atoms with van der Waals surface area (Å²) in [5, 5.41) is 9.77. The monoisotopic (exact) mass is 553 g/mol. The van der Waals surface area contributed by atoms with Gasteiger partial charge in [0.05, 0.1) is 35.9 Å². The molecular weight excluding hydrogens is 508 g/mol. The number of rotatable bonds is 10. The van der Waals surface area contributed by atoms with Crippen LogP contribution in [0.1, 0.15) is 61.8 Å². The molecule has 3 aromatic rings. The third-order valence-corrected chi connectivity index (χ3v) is 8.53. The van der Waals surface area contributed by atoms with E-state index >= 15 is 0 Å². The van der Waals surface area contributed by atoms with Gasteiger partial charge in [-0.15, -0.1) is 0 Å². The van der Waals surface area contributed by atoms with Gasteiger partial charge in [-0.2, -0.15) is 0 Å². The van der Waals surface area contributed by atoms with E-state index in [2.05, 4.69) is 63.6 Å². The fourth-order valence-corrected chi connectivity index (χ4v) is 5.75. The maximum atomic E-state index is 13.3. The highest BCUT2D eigenvalue weighted by atomic mass is 32.1. The molecule has 1 aromatic heterocycles. The number of thiazole rings is 1.